The van der Waals surface area contributed by atoms with Crippen LogP contribution in [-0.2, 0) is 9.47 Å². The number of ether oxygens (including phenoxy) is 2. The molecule has 0 saturated carbocycles. The molecule has 1 rings (SSSR count). The molecule has 0 aromatic rings. The number of rotatable bonds is 4. The Bertz CT molecular complexity index is 204. The zero-order chi connectivity index (χ0) is 11.6. The van der Waals surface area contributed by atoms with Gasteiger partial charge in [0.15, 0.2) is 6.29 Å². The van der Waals surface area contributed by atoms with Crippen LogP contribution in [0.15, 0.2) is 0 Å². The lowest BCUT2D eigenvalue weighted by molar-refractivity contribution is -0.175. The molecule has 0 spiro atoms. The van der Waals surface area contributed by atoms with Crippen LogP contribution >= 0.6 is 0 Å². The average Bonchev–Trinajstić information content (AvgIpc) is 2.54. The highest BCUT2D eigenvalue weighted by molar-refractivity contribution is 4.95. The molecule has 7 nitrogen and oxygen atoms in total. The molecule has 1 saturated heterocycles. The van der Waals surface area contributed by atoms with Gasteiger partial charge >= 0.3 is 0 Å². The zero-order valence-corrected chi connectivity index (χ0v) is 8.35. The molecule has 6 N–H and O–H groups in total. The Morgan fingerprint density at radius 3 is 2.47 bits per heavy atom. The fourth-order valence-electron chi connectivity index (χ4n) is 1.53. The summed E-state index contributed by atoms with van der Waals surface area (Å²) in [5, 5.41) is 36.9. The first-order valence-electron chi connectivity index (χ1n) is 4.61. The standard InChI is InChI=1S/C8H17NO6/c1-14-8-6(13)4(9)7(15-8)5(12)3(11)2-10/h3-8,10-13H,2,9H2,1H3/t3-,4+,5-,6-,7+,8+/m1/s1. The first-order valence-corrected chi connectivity index (χ1v) is 4.61. The molecule has 0 aromatic carbocycles. The molecule has 1 aliphatic heterocycles. The van der Waals surface area contributed by atoms with E-state index in [1.807, 2.05) is 0 Å². The van der Waals surface area contributed by atoms with E-state index in [1.54, 1.807) is 0 Å². The van der Waals surface area contributed by atoms with E-state index >= 15 is 0 Å². The molecule has 0 aromatic heterocycles. The smallest absolute Gasteiger partial charge is 0.185 e. The third-order valence-electron chi connectivity index (χ3n) is 2.49. The van der Waals surface area contributed by atoms with E-state index in [2.05, 4.69) is 0 Å². The number of aliphatic hydroxyl groups is 4. The van der Waals surface area contributed by atoms with E-state index in [4.69, 9.17) is 20.3 Å². The van der Waals surface area contributed by atoms with Crippen LogP contribution < -0.4 is 5.73 Å². The van der Waals surface area contributed by atoms with Crippen LogP contribution in [0.25, 0.3) is 0 Å². The quantitative estimate of drug-likeness (QED) is 0.339. The average molecular weight is 223 g/mol. The molecule has 0 amide bonds. The second-order valence-electron chi connectivity index (χ2n) is 3.51. The minimum atomic E-state index is -1.36. The van der Waals surface area contributed by atoms with E-state index in [-0.39, 0.29) is 0 Å². The van der Waals surface area contributed by atoms with Crippen molar-refractivity contribution < 1.29 is 29.9 Å². The van der Waals surface area contributed by atoms with Crippen molar-refractivity contribution in [3.63, 3.8) is 0 Å². The molecule has 1 fully saturated rings. The highest BCUT2D eigenvalue weighted by Gasteiger charge is 2.46. The van der Waals surface area contributed by atoms with E-state index in [0.717, 1.165) is 0 Å². The van der Waals surface area contributed by atoms with Crippen LogP contribution in [0.1, 0.15) is 0 Å². The topological polar surface area (TPSA) is 125 Å². The summed E-state index contributed by atoms with van der Waals surface area (Å²) in [6, 6.07) is -0.869. The van der Waals surface area contributed by atoms with Gasteiger partial charge in [0.05, 0.1) is 12.6 Å². The lowest BCUT2D eigenvalue weighted by atomic mass is 10.0. The van der Waals surface area contributed by atoms with Gasteiger partial charge in [0.1, 0.15) is 24.4 Å². The summed E-state index contributed by atoms with van der Waals surface area (Å²) in [5.41, 5.74) is 5.57. The van der Waals surface area contributed by atoms with Crippen molar-refractivity contribution in [2.24, 2.45) is 5.73 Å². The maximum Gasteiger partial charge on any atom is 0.185 e. The Morgan fingerprint density at radius 1 is 1.47 bits per heavy atom. The summed E-state index contributed by atoms with van der Waals surface area (Å²) in [4.78, 5) is 0. The third kappa shape index (κ3) is 2.45. The minimum absolute atomic E-state index is 0.610. The van der Waals surface area contributed by atoms with Crippen LogP contribution in [0.4, 0.5) is 0 Å². The van der Waals surface area contributed by atoms with Crippen molar-refractivity contribution in [1.82, 2.24) is 0 Å². The van der Waals surface area contributed by atoms with E-state index in [0.29, 0.717) is 0 Å². The Hall–Kier alpha value is -0.280. The van der Waals surface area contributed by atoms with Gasteiger partial charge in [0.25, 0.3) is 0 Å². The number of aliphatic hydroxyl groups excluding tert-OH is 4. The number of hydrogen-bond donors (Lipinski definition) is 5. The number of methoxy groups -OCH3 is 1. The van der Waals surface area contributed by atoms with Gasteiger partial charge in [-0.2, -0.15) is 0 Å². The molecule has 6 atom stereocenters. The van der Waals surface area contributed by atoms with Gasteiger partial charge in [-0.1, -0.05) is 0 Å². The fourth-order valence-corrected chi connectivity index (χ4v) is 1.53. The van der Waals surface area contributed by atoms with Gasteiger partial charge in [0.2, 0.25) is 0 Å². The molecule has 1 aliphatic rings. The largest absolute Gasteiger partial charge is 0.394 e. The second kappa shape index (κ2) is 5.17. The summed E-state index contributed by atoms with van der Waals surface area (Å²) < 4.78 is 9.88. The Morgan fingerprint density at radius 2 is 2.07 bits per heavy atom. The van der Waals surface area contributed by atoms with E-state index in [1.165, 1.54) is 7.11 Å². The molecule has 0 bridgehead atoms. The van der Waals surface area contributed by atoms with Crippen LogP contribution in [0.2, 0.25) is 0 Å². The predicted molar refractivity (Wildman–Crippen MR) is 48.8 cm³/mol. The van der Waals surface area contributed by atoms with Gasteiger partial charge < -0.3 is 35.6 Å². The third-order valence-corrected chi connectivity index (χ3v) is 2.49. The highest BCUT2D eigenvalue weighted by Crippen LogP contribution is 2.23. The first-order chi connectivity index (χ1) is 7.02. The Kier molecular flexibility index (Phi) is 4.41. The lowest BCUT2D eigenvalue weighted by Crippen LogP contribution is -2.50. The van der Waals surface area contributed by atoms with Gasteiger partial charge in [-0.05, 0) is 0 Å². The second-order valence-corrected chi connectivity index (χ2v) is 3.51. The highest BCUT2D eigenvalue weighted by atomic mass is 16.7. The molecule has 90 valence electrons. The lowest BCUT2D eigenvalue weighted by Gasteiger charge is -2.24. The van der Waals surface area contributed by atoms with Crippen LogP contribution in [0.3, 0.4) is 0 Å². The number of hydrogen-bond acceptors (Lipinski definition) is 7. The summed E-state index contributed by atoms with van der Waals surface area (Å²) >= 11 is 0. The summed E-state index contributed by atoms with van der Waals surface area (Å²) in [5.74, 6) is 0. The summed E-state index contributed by atoms with van der Waals surface area (Å²) in [6.07, 6.45) is -5.68. The zero-order valence-electron chi connectivity index (χ0n) is 8.35. The van der Waals surface area contributed by atoms with Gasteiger partial charge in [0, 0.05) is 7.11 Å². The SMILES string of the molecule is CO[C@H]1O[C@H]([C@H](O)[C@H](O)CO)[C@@H](N)[C@H]1O. The van der Waals surface area contributed by atoms with Crippen molar-refractivity contribution in [3.8, 4) is 0 Å². The Balaban J connectivity index is 2.64. The maximum absolute atomic E-state index is 9.54. The predicted octanol–water partition coefficient (Wildman–Crippen LogP) is -3.24. The monoisotopic (exact) mass is 223 g/mol. The fraction of sp³-hybridized carbons (Fsp3) is 1.00. The molecule has 15 heavy (non-hydrogen) atoms. The van der Waals surface area contributed by atoms with Crippen LogP contribution in [-0.4, -0.2) is 70.9 Å². The van der Waals surface area contributed by atoms with Crippen LogP contribution in [0.5, 0.6) is 0 Å². The van der Waals surface area contributed by atoms with Gasteiger partial charge in [-0.3, -0.25) is 0 Å². The van der Waals surface area contributed by atoms with Crippen molar-refractivity contribution in [3.05, 3.63) is 0 Å². The van der Waals surface area contributed by atoms with Crippen LogP contribution in [0, 0.1) is 0 Å². The summed E-state index contributed by atoms with van der Waals surface area (Å²) in [6.45, 7) is -0.610. The van der Waals surface area contributed by atoms with Gasteiger partial charge in [-0.25, -0.2) is 0 Å². The molecular weight excluding hydrogens is 206 g/mol. The normalized spacial score (nSPS) is 40.4. The molecule has 7 heteroatoms. The molecule has 0 unspecified atom stereocenters. The number of nitrogens with two attached hydrogens (primary N) is 1. The summed E-state index contributed by atoms with van der Waals surface area (Å²) in [7, 11) is 1.33. The molecule has 0 radical (unpaired) electrons. The first kappa shape index (κ1) is 12.8. The van der Waals surface area contributed by atoms with Crippen molar-refractivity contribution in [2.75, 3.05) is 13.7 Å². The van der Waals surface area contributed by atoms with E-state index < -0.39 is 43.4 Å². The molecule has 1 heterocycles. The molecular formula is C8H17NO6. The van der Waals surface area contributed by atoms with Crippen molar-refractivity contribution >= 4 is 0 Å². The van der Waals surface area contributed by atoms with Crippen molar-refractivity contribution in [1.29, 1.82) is 0 Å². The molecule has 0 aliphatic carbocycles. The van der Waals surface area contributed by atoms with Crippen molar-refractivity contribution in [2.45, 2.75) is 36.7 Å². The van der Waals surface area contributed by atoms with Gasteiger partial charge in [-0.15, -0.1) is 0 Å². The maximum atomic E-state index is 9.54. The minimum Gasteiger partial charge on any atom is -0.394 e. The Labute approximate surface area is 87.0 Å². The van der Waals surface area contributed by atoms with E-state index in [9.17, 15) is 15.3 Å².